The van der Waals surface area contributed by atoms with Crippen LogP contribution in [-0.2, 0) is 0 Å². The SMILES string of the molecule is C=CCN(C)c1cc(F)ccc1C(=C)S. The van der Waals surface area contributed by atoms with Crippen LogP contribution in [0.4, 0.5) is 10.1 Å². The molecule has 1 nitrogen and oxygen atoms in total. The van der Waals surface area contributed by atoms with E-state index in [1.54, 1.807) is 12.1 Å². The van der Waals surface area contributed by atoms with Crippen molar-refractivity contribution in [2.24, 2.45) is 0 Å². The number of hydrogen-bond acceptors (Lipinski definition) is 2. The normalized spacial score (nSPS) is 9.80. The molecule has 0 N–H and O–H groups in total. The topological polar surface area (TPSA) is 3.24 Å². The Labute approximate surface area is 95.3 Å². The second-order valence-electron chi connectivity index (χ2n) is 3.28. The van der Waals surface area contributed by atoms with E-state index >= 15 is 0 Å². The van der Waals surface area contributed by atoms with Crippen LogP contribution < -0.4 is 4.90 Å². The number of hydrogen-bond donors (Lipinski definition) is 1. The molecule has 0 heterocycles. The summed E-state index contributed by atoms with van der Waals surface area (Å²) in [6, 6.07) is 4.56. The number of anilines is 1. The van der Waals surface area contributed by atoms with Gasteiger partial charge in [-0.1, -0.05) is 12.7 Å². The Morgan fingerprint density at radius 2 is 2.27 bits per heavy atom. The molecule has 0 aliphatic heterocycles. The minimum Gasteiger partial charge on any atom is -0.370 e. The van der Waals surface area contributed by atoms with Gasteiger partial charge >= 0.3 is 0 Å². The molecule has 0 aliphatic carbocycles. The molecule has 0 spiro atoms. The van der Waals surface area contributed by atoms with E-state index in [4.69, 9.17) is 0 Å². The van der Waals surface area contributed by atoms with Gasteiger partial charge in [0.05, 0.1) is 0 Å². The molecule has 1 aromatic rings. The molecule has 0 aliphatic rings. The Morgan fingerprint density at radius 1 is 1.60 bits per heavy atom. The quantitative estimate of drug-likeness (QED) is 0.605. The average Bonchev–Trinajstić information content (AvgIpc) is 2.17. The van der Waals surface area contributed by atoms with Crippen LogP contribution in [0.3, 0.4) is 0 Å². The molecular weight excluding hydrogens is 209 g/mol. The van der Waals surface area contributed by atoms with Crippen LogP contribution in [-0.4, -0.2) is 13.6 Å². The number of likely N-dealkylation sites (N-methyl/N-ethyl adjacent to an activating group) is 1. The predicted molar refractivity (Wildman–Crippen MR) is 67.9 cm³/mol. The van der Waals surface area contributed by atoms with E-state index in [-0.39, 0.29) is 5.82 Å². The van der Waals surface area contributed by atoms with Crippen LogP contribution >= 0.6 is 12.6 Å². The van der Waals surface area contributed by atoms with Gasteiger partial charge in [0.15, 0.2) is 0 Å². The standard InChI is InChI=1S/C12H14FNS/c1-4-7-14(3)12-8-10(13)5-6-11(12)9(2)15/h4-6,8,15H,1-2,7H2,3H3. The van der Waals surface area contributed by atoms with Crippen molar-refractivity contribution in [3.05, 3.63) is 48.8 Å². The highest BCUT2D eigenvalue weighted by Gasteiger charge is 2.08. The lowest BCUT2D eigenvalue weighted by Gasteiger charge is -2.20. The summed E-state index contributed by atoms with van der Waals surface area (Å²) in [5, 5.41) is 0. The summed E-state index contributed by atoms with van der Waals surface area (Å²) < 4.78 is 13.1. The molecule has 0 fully saturated rings. The second kappa shape index (κ2) is 5.03. The van der Waals surface area contributed by atoms with Crippen molar-refractivity contribution < 1.29 is 4.39 Å². The van der Waals surface area contributed by atoms with Gasteiger partial charge < -0.3 is 4.90 Å². The molecule has 0 saturated carbocycles. The molecule has 0 amide bonds. The highest BCUT2D eigenvalue weighted by Crippen LogP contribution is 2.28. The van der Waals surface area contributed by atoms with Gasteiger partial charge in [-0.2, -0.15) is 0 Å². The lowest BCUT2D eigenvalue weighted by molar-refractivity contribution is 0.627. The van der Waals surface area contributed by atoms with Gasteiger partial charge in [-0.15, -0.1) is 19.2 Å². The van der Waals surface area contributed by atoms with Crippen LogP contribution in [0, 0.1) is 5.82 Å². The van der Waals surface area contributed by atoms with Crippen molar-refractivity contribution >= 4 is 23.2 Å². The van der Waals surface area contributed by atoms with Gasteiger partial charge in [0, 0.05) is 29.7 Å². The van der Waals surface area contributed by atoms with Crippen molar-refractivity contribution in [3.8, 4) is 0 Å². The molecule has 0 radical (unpaired) electrons. The highest BCUT2D eigenvalue weighted by molar-refractivity contribution is 7.90. The number of thiol groups is 1. The van der Waals surface area contributed by atoms with Crippen LogP contribution in [0.15, 0.2) is 37.4 Å². The van der Waals surface area contributed by atoms with Gasteiger partial charge in [-0.05, 0) is 18.2 Å². The second-order valence-corrected chi connectivity index (χ2v) is 3.82. The molecule has 1 aromatic carbocycles. The number of rotatable bonds is 4. The third kappa shape index (κ3) is 2.86. The summed E-state index contributed by atoms with van der Waals surface area (Å²) in [6.07, 6.45) is 1.76. The molecule has 0 atom stereocenters. The minimum atomic E-state index is -0.265. The summed E-state index contributed by atoms with van der Waals surface area (Å²) in [7, 11) is 1.87. The Balaban J connectivity index is 3.17. The average molecular weight is 223 g/mol. The van der Waals surface area contributed by atoms with E-state index in [0.29, 0.717) is 11.4 Å². The number of nitrogens with zero attached hydrogens (tertiary/aromatic N) is 1. The van der Waals surface area contributed by atoms with E-state index in [1.807, 2.05) is 11.9 Å². The van der Waals surface area contributed by atoms with Crippen molar-refractivity contribution in [1.29, 1.82) is 0 Å². The first-order valence-corrected chi connectivity index (χ1v) is 5.00. The maximum Gasteiger partial charge on any atom is 0.125 e. The van der Waals surface area contributed by atoms with E-state index in [2.05, 4.69) is 25.8 Å². The Kier molecular flexibility index (Phi) is 3.97. The predicted octanol–water partition coefficient (Wildman–Crippen LogP) is 3.35. The fourth-order valence-corrected chi connectivity index (χ4v) is 1.55. The van der Waals surface area contributed by atoms with Crippen molar-refractivity contribution in [3.63, 3.8) is 0 Å². The summed E-state index contributed by atoms with van der Waals surface area (Å²) >= 11 is 4.18. The summed E-state index contributed by atoms with van der Waals surface area (Å²) in [5.41, 5.74) is 1.61. The molecular formula is C12H14FNS. The zero-order valence-electron chi connectivity index (χ0n) is 8.70. The summed E-state index contributed by atoms with van der Waals surface area (Å²) in [6.45, 7) is 8.04. The van der Waals surface area contributed by atoms with Crippen LogP contribution in [0.25, 0.3) is 4.91 Å². The van der Waals surface area contributed by atoms with E-state index in [0.717, 1.165) is 11.3 Å². The molecule has 1 rings (SSSR count). The summed E-state index contributed by atoms with van der Waals surface area (Å²) in [5.74, 6) is -0.265. The number of benzene rings is 1. The van der Waals surface area contributed by atoms with E-state index in [1.165, 1.54) is 12.1 Å². The molecule has 3 heteroatoms. The first-order chi connectivity index (χ1) is 7.06. The zero-order chi connectivity index (χ0) is 11.4. The third-order valence-corrected chi connectivity index (χ3v) is 2.33. The first-order valence-electron chi connectivity index (χ1n) is 4.56. The fourth-order valence-electron chi connectivity index (χ4n) is 1.36. The lowest BCUT2D eigenvalue weighted by atomic mass is 10.1. The van der Waals surface area contributed by atoms with Crippen molar-refractivity contribution in [1.82, 2.24) is 0 Å². The molecule has 80 valence electrons. The zero-order valence-corrected chi connectivity index (χ0v) is 9.60. The van der Waals surface area contributed by atoms with Crippen LogP contribution in [0.1, 0.15) is 5.56 Å². The van der Waals surface area contributed by atoms with Gasteiger partial charge in [-0.3, -0.25) is 0 Å². The first kappa shape index (κ1) is 11.9. The molecule has 0 aromatic heterocycles. The number of halogens is 1. The third-order valence-electron chi connectivity index (χ3n) is 2.08. The maximum absolute atomic E-state index is 13.1. The minimum absolute atomic E-state index is 0.265. The Hall–Kier alpha value is -1.22. The van der Waals surface area contributed by atoms with Crippen molar-refractivity contribution in [2.45, 2.75) is 0 Å². The van der Waals surface area contributed by atoms with E-state index in [9.17, 15) is 4.39 Å². The molecule has 0 unspecified atom stereocenters. The van der Waals surface area contributed by atoms with Gasteiger partial charge in [0.2, 0.25) is 0 Å². The monoisotopic (exact) mass is 223 g/mol. The smallest absolute Gasteiger partial charge is 0.125 e. The van der Waals surface area contributed by atoms with Gasteiger partial charge in [-0.25, -0.2) is 4.39 Å². The van der Waals surface area contributed by atoms with Crippen LogP contribution in [0.5, 0.6) is 0 Å². The maximum atomic E-state index is 13.1. The largest absolute Gasteiger partial charge is 0.370 e. The molecule has 0 saturated heterocycles. The molecule has 15 heavy (non-hydrogen) atoms. The Morgan fingerprint density at radius 3 is 2.80 bits per heavy atom. The van der Waals surface area contributed by atoms with Crippen LogP contribution in [0.2, 0.25) is 0 Å². The Bertz CT molecular complexity index is 387. The summed E-state index contributed by atoms with van der Waals surface area (Å²) in [4.78, 5) is 2.52. The van der Waals surface area contributed by atoms with Gasteiger partial charge in [0.1, 0.15) is 5.82 Å². The highest BCUT2D eigenvalue weighted by atomic mass is 32.1. The van der Waals surface area contributed by atoms with E-state index < -0.39 is 0 Å². The molecule has 0 bridgehead atoms. The fraction of sp³-hybridized carbons (Fsp3) is 0.167. The van der Waals surface area contributed by atoms with Crippen molar-refractivity contribution in [2.75, 3.05) is 18.5 Å². The van der Waals surface area contributed by atoms with Gasteiger partial charge in [0.25, 0.3) is 0 Å². The lowest BCUT2D eigenvalue weighted by Crippen LogP contribution is -2.18.